The van der Waals surface area contributed by atoms with Gasteiger partial charge in [-0.2, -0.15) is 10.2 Å². The second kappa shape index (κ2) is 18.5. The number of carbonyl (C=O) groups excluding carboxylic acids is 4. The van der Waals surface area contributed by atoms with Crippen LogP contribution in [0.4, 0.5) is 10.7 Å². The van der Waals surface area contributed by atoms with Crippen molar-refractivity contribution in [2.24, 2.45) is 11.5 Å². The largest absolute Gasteiger partial charge is 0.494 e. The number of ether oxygens (including phenoxy) is 3. The van der Waals surface area contributed by atoms with E-state index in [4.69, 9.17) is 40.6 Å². The summed E-state index contributed by atoms with van der Waals surface area (Å²) in [7, 11) is 1.47. The number of hydrogen-bond acceptors (Lipinski definition) is 12. The SMILES string of the molecule is CCn1nc(C)cc1C(=O)Nc1nc2cc(C(N)=O)cc(OC)c2n1C/C=C/Cn1c2nc(-c3cc(C)nn3CC)ncc2c2cc(C(N)=O)cc(OCCCNC(=O)OC(C)(C)C)c21. The Labute approximate surface area is 373 Å². The van der Waals surface area contributed by atoms with Gasteiger partial charge in [-0.1, -0.05) is 12.2 Å². The molecule has 4 amide bonds. The Morgan fingerprint density at radius 3 is 2.14 bits per heavy atom. The summed E-state index contributed by atoms with van der Waals surface area (Å²) in [6.07, 6.45) is 5.42. The number of anilines is 1. The van der Waals surface area contributed by atoms with Gasteiger partial charge in [-0.15, -0.1) is 0 Å². The molecule has 0 fully saturated rings. The Morgan fingerprint density at radius 1 is 0.800 bits per heavy atom. The molecule has 0 aliphatic rings. The molecule has 6 N–H and O–H groups in total. The number of fused-ring (bicyclic) bond motifs is 4. The number of methoxy groups -OCH3 is 1. The number of nitrogens with zero attached hydrogens (tertiary/aromatic N) is 9. The van der Waals surface area contributed by atoms with Crippen LogP contribution >= 0.6 is 0 Å². The van der Waals surface area contributed by atoms with Gasteiger partial charge >= 0.3 is 6.09 Å². The molecule has 5 heterocycles. The first-order valence-electron chi connectivity index (χ1n) is 21.2. The number of nitrogens with two attached hydrogens (primary N) is 2. The highest BCUT2D eigenvalue weighted by molar-refractivity contribution is 6.12. The van der Waals surface area contributed by atoms with Crippen LogP contribution in [0.2, 0.25) is 0 Å². The Balaban J connectivity index is 1.29. The molecular formula is C45H53N13O7. The van der Waals surface area contributed by atoms with Crippen molar-refractivity contribution in [2.45, 2.75) is 86.7 Å². The fourth-order valence-corrected chi connectivity index (χ4v) is 7.54. The first kappa shape index (κ1) is 45.3. The van der Waals surface area contributed by atoms with Gasteiger partial charge in [0.15, 0.2) is 5.82 Å². The summed E-state index contributed by atoms with van der Waals surface area (Å²) in [6.45, 7) is 14.9. The summed E-state index contributed by atoms with van der Waals surface area (Å²) >= 11 is 0. The molecule has 2 aromatic carbocycles. The number of hydrogen-bond donors (Lipinski definition) is 4. The van der Waals surface area contributed by atoms with Gasteiger partial charge < -0.3 is 40.1 Å². The molecule has 0 saturated carbocycles. The number of aryl methyl sites for hydroxylation is 4. The fraction of sp³-hybridized carbons (Fsp3) is 0.356. The molecule has 0 atom stereocenters. The van der Waals surface area contributed by atoms with E-state index in [1.54, 1.807) is 60.5 Å². The summed E-state index contributed by atoms with van der Waals surface area (Å²) in [4.78, 5) is 65.6. The van der Waals surface area contributed by atoms with Crippen LogP contribution in [-0.4, -0.2) is 93.3 Å². The number of alkyl carbamates (subject to hydrolysis) is 1. The Morgan fingerprint density at radius 2 is 1.46 bits per heavy atom. The van der Waals surface area contributed by atoms with E-state index < -0.39 is 29.4 Å². The van der Waals surface area contributed by atoms with E-state index in [0.29, 0.717) is 81.2 Å². The third-order valence-electron chi connectivity index (χ3n) is 10.3. The molecule has 5 aromatic heterocycles. The monoisotopic (exact) mass is 887 g/mol. The molecule has 20 nitrogen and oxygen atoms in total. The van der Waals surface area contributed by atoms with Crippen molar-refractivity contribution in [1.29, 1.82) is 0 Å². The Bertz CT molecular complexity index is 3000. The number of primary amides is 2. The predicted octanol–water partition coefficient (Wildman–Crippen LogP) is 5.66. The molecular weight excluding hydrogens is 835 g/mol. The first-order chi connectivity index (χ1) is 31.0. The molecule has 20 heteroatoms. The normalized spacial score (nSPS) is 11.8. The van der Waals surface area contributed by atoms with E-state index in [2.05, 4.69) is 20.8 Å². The van der Waals surface area contributed by atoms with Crippen LogP contribution in [0.1, 0.15) is 83.6 Å². The Hall–Kier alpha value is -7.77. The average Bonchev–Trinajstić information content (AvgIpc) is 4.01. The zero-order valence-electron chi connectivity index (χ0n) is 37.7. The molecule has 7 aromatic rings. The number of amides is 4. The standard InChI is InChI=1S/C45H53N13O7/c1-9-57-32(18-25(3)53-57)40-49-24-30-29-20-27(38(46)59)23-35(64-17-13-14-48-44(62)65-45(5,6)7)36(29)55(41(30)51-40)15-11-12-16-56-37-31(21-28(39(47)60)22-34(37)63-8)50-43(56)52-42(61)33-19-26(4)54-58(33)10-2/h11-12,18-24H,9-10,13-17H2,1-8H3,(H2,46,59)(H2,47,60)(H,48,62)(H,50,52,61)/b12-11+. The lowest BCUT2D eigenvalue weighted by Gasteiger charge is -2.19. The van der Waals surface area contributed by atoms with Crippen LogP contribution in [0, 0.1) is 13.8 Å². The lowest BCUT2D eigenvalue weighted by atomic mass is 10.1. The molecule has 0 bridgehead atoms. The van der Waals surface area contributed by atoms with Crippen molar-refractivity contribution in [3.8, 4) is 23.0 Å². The maximum absolute atomic E-state index is 13.7. The predicted molar refractivity (Wildman–Crippen MR) is 244 cm³/mol. The van der Waals surface area contributed by atoms with Crippen LogP contribution in [0.15, 0.2) is 54.7 Å². The smallest absolute Gasteiger partial charge is 0.407 e. The van der Waals surface area contributed by atoms with E-state index in [9.17, 15) is 19.2 Å². The molecule has 0 spiro atoms. The minimum absolute atomic E-state index is 0.177. The van der Waals surface area contributed by atoms with E-state index >= 15 is 0 Å². The fourth-order valence-electron chi connectivity index (χ4n) is 7.54. The van der Waals surface area contributed by atoms with E-state index in [1.807, 2.05) is 55.2 Å². The molecule has 0 saturated heterocycles. The lowest BCUT2D eigenvalue weighted by Crippen LogP contribution is -2.33. The highest BCUT2D eigenvalue weighted by Gasteiger charge is 2.24. The summed E-state index contributed by atoms with van der Waals surface area (Å²) in [5.41, 5.74) is 16.0. The zero-order valence-corrected chi connectivity index (χ0v) is 37.7. The topological polar surface area (TPSA) is 256 Å². The first-order valence-corrected chi connectivity index (χ1v) is 21.2. The summed E-state index contributed by atoms with van der Waals surface area (Å²) in [5.74, 6) is -0.386. The van der Waals surface area contributed by atoms with E-state index in [-0.39, 0.29) is 43.3 Å². The van der Waals surface area contributed by atoms with Crippen molar-refractivity contribution in [3.05, 3.63) is 83.0 Å². The lowest BCUT2D eigenvalue weighted by molar-refractivity contribution is 0.0525. The van der Waals surface area contributed by atoms with Gasteiger partial charge in [0, 0.05) is 60.8 Å². The highest BCUT2D eigenvalue weighted by atomic mass is 16.6. The third kappa shape index (κ3) is 9.60. The molecule has 65 heavy (non-hydrogen) atoms. The summed E-state index contributed by atoms with van der Waals surface area (Å²) in [6, 6.07) is 10.00. The summed E-state index contributed by atoms with van der Waals surface area (Å²) in [5, 5.41) is 16.0. The van der Waals surface area contributed by atoms with Crippen molar-refractivity contribution in [1.82, 2.24) is 49.0 Å². The maximum Gasteiger partial charge on any atom is 0.407 e. The highest BCUT2D eigenvalue weighted by Crippen LogP contribution is 2.37. The van der Waals surface area contributed by atoms with Gasteiger partial charge in [0.1, 0.15) is 39.7 Å². The number of rotatable bonds is 17. The van der Waals surface area contributed by atoms with Gasteiger partial charge in [-0.3, -0.25) is 29.1 Å². The number of imidazole rings is 1. The van der Waals surface area contributed by atoms with Gasteiger partial charge in [-0.25, -0.2) is 19.7 Å². The average molecular weight is 888 g/mol. The van der Waals surface area contributed by atoms with Crippen LogP contribution in [-0.2, 0) is 30.9 Å². The van der Waals surface area contributed by atoms with Gasteiger partial charge in [0.05, 0.1) is 36.1 Å². The van der Waals surface area contributed by atoms with Crippen LogP contribution in [0.5, 0.6) is 11.5 Å². The third-order valence-corrected chi connectivity index (χ3v) is 10.3. The number of carbonyl (C=O) groups is 4. The maximum atomic E-state index is 13.7. The molecule has 7 rings (SSSR count). The van der Waals surface area contributed by atoms with Crippen molar-refractivity contribution >= 4 is 62.7 Å². The van der Waals surface area contributed by atoms with E-state index in [0.717, 1.165) is 11.4 Å². The van der Waals surface area contributed by atoms with Crippen molar-refractivity contribution in [3.63, 3.8) is 0 Å². The number of nitrogens with one attached hydrogen (secondary N) is 2. The molecule has 0 radical (unpaired) electrons. The van der Waals surface area contributed by atoms with Crippen LogP contribution in [0.3, 0.4) is 0 Å². The number of benzene rings is 2. The van der Waals surface area contributed by atoms with E-state index in [1.165, 1.54) is 13.2 Å². The van der Waals surface area contributed by atoms with Crippen molar-refractivity contribution in [2.75, 3.05) is 25.6 Å². The quantitative estimate of drug-likeness (QED) is 0.0638. The second-order valence-corrected chi connectivity index (χ2v) is 16.3. The van der Waals surface area contributed by atoms with Gasteiger partial charge in [-0.05, 0) is 91.3 Å². The molecule has 0 unspecified atom stereocenters. The molecule has 0 aliphatic heterocycles. The van der Waals surface area contributed by atoms with Crippen LogP contribution < -0.4 is 31.6 Å². The number of aromatic nitrogens is 9. The molecule has 0 aliphatic carbocycles. The Kier molecular flexibility index (Phi) is 12.9. The molecule has 340 valence electrons. The second-order valence-electron chi connectivity index (χ2n) is 16.3. The van der Waals surface area contributed by atoms with Crippen LogP contribution in [0.25, 0.3) is 44.5 Å². The number of allylic oxidation sites excluding steroid dienone is 2. The minimum Gasteiger partial charge on any atom is -0.494 e. The summed E-state index contributed by atoms with van der Waals surface area (Å²) < 4.78 is 24.6. The zero-order chi connectivity index (χ0) is 46.7. The van der Waals surface area contributed by atoms with Gasteiger partial charge in [0.2, 0.25) is 17.8 Å². The van der Waals surface area contributed by atoms with Crippen molar-refractivity contribution < 1.29 is 33.4 Å². The minimum atomic E-state index is -0.663. The van der Waals surface area contributed by atoms with Gasteiger partial charge in [0.25, 0.3) is 5.91 Å².